The van der Waals surface area contributed by atoms with Crippen molar-refractivity contribution in [2.24, 2.45) is 14.1 Å². The van der Waals surface area contributed by atoms with Gasteiger partial charge in [-0.25, -0.2) is 4.98 Å². The van der Waals surface area contributed by atoms with E-state index in [-0.39, 0.29) is 0 Å². The van der Waals surface area contributed by atoms with Gasteiger partial charge < -0.3 is 4.57 Å². The van der Waals surface area contributed by atoms with Gasteiger partial charge >= 0.3 is 0 Å². The van der Waals surface area contributed by atoms with Crippen molar-refractivity contribution in [3.8, 4) is 0 Å². The summed E-state index contributed by atoms with van der Waals surface area (Å²) in [6.07, 6.45) is 3.50. The minimum atomic E-state index is 0.571. The largest absolute Gasteiger partial charge is 0.312 e. The van der Waals surface area contributed by atoms with Crippen LogP contribution in [0.5, 0.6) is 0 Å². The predicted molar refractivity (Wildman–Crippen MR) is 82.6 cm³/mol. The van der Waals surface area contributed by atoms with Crippen molar-refractivity contribution in [2.75, 3.05) is 5.88 Å². The minimum absolute atomic E-state index is 0.571. The summed E-state index contributed by atoms with van der Waals surface area (Å²) in [6, 6.07) is 2.05. The first-order valence-corrected chi connectivity index (χ1v) is 7.57. The zero-order valence-electron chi connectivity index (χ0n) is 12.5. The third kappa shape index (κ3) is 2.44. The maximum Gasteiger partial charge on any atom is 0.158 e. The van der Waals surface area contributed by atoms with Gasteiger partial charge in [-0.05, 0) is 13.0 Å². The van der Waals surface area contributed by atoms with Gasteiger partial charge in [0.15, 0.2) is 5.65 Å². The first kappa shape index (κ1) is 14.1. The Morgan fingerprint density at radius 2 is 2.00 bits per heavy atom. The monoisotopic (exact) mass is 306 g/mol. The number of aromatic nitrogens is 6. The second-order valence-electron chi connectivity index (χ2n) is 5.20. The van der Waals surface area contributed by atoms with Gasteiger partial charge in [0.2, 0.25) is 0 Å². The van der Waals surface area contributed by atoms with Crippen molar-refractivity contribution in [1.82, 2.24) is 29.1 Å². The smallest absolute Gasteiger partial charge is 0.158 e. The normalized spacial score (nSPS) is 11.6. The highest BCUT2D eigenvalue weighted by molar-refractivity contribution is 6.17. The molecule has 3 aromatic heterocycles. The van der Waals surface area contributed by atoms with Gasteiger partial charge in [-0.2, -0.15) is 10.2 Å². The van der Waals surface area contributed by atoms with Crippen LogP contribution >= 0.6 is 11.6 Å². The van der Waals surface area contributed by atoms with Crippen molar-refractivity contribution in [3.63, 3.8) is 0 Å². The van der Waals surface area contributed by atoms with Crippen LogP contribution < -0.4 is 0 Å². The molecule has 6 nitrogen and oxygen atoms in total. The summed E-state index contributed by atoms with van der Waals surface area (Å²) in [5, 5.41) is 8.67. The molecule has 0 aliphatic carbocycles. The number of fused-ring (bicyclic) bond motifs is 1. The average molecular weight is 307 g/mol. The molecule has 3 rings (SSSR count). The van der Waals surface area contributed by atoms with Crippen LogP contribution in [0.2, 0.25) is 0 Å². The summed E-state index contributed by atoms with van der Waals surface area (Å²) in [6.45, 7) is 2.84. The fraction of sp³-hybridized carbons (Fsp3) is 0.500. The molecule has 112 valence electrons. The van der Waals surface area contributed by atoms with Gasteiger partial charge in [-0.1, -0.05) is 0 Å². The molecule has 0 spiro atoms. The molecule has 3 heterocycles. The minimum Gasteiger partial charge on any atom is -0.312 e. The molecule has 0 radical (unpaired) electrons. The summed E-state index contributed by atoms with van der Waals surface area (Å²) >= 11 is 5.92. The Hall–Kier alpha value is -1.82. The first-order valence-electron chi connectivity index (χ1n) is 7.03. The lowest BCUT2D eigenvalue weighted by Crippen LogP contribution is -2.11. The SMILES string of the molecule is Cc1nn(C)c2c1nc(CCCl)n2CCc1ccnn1C. The van der Waals surface area contributed by atoms with Crippen molar-refractivity contribution in [3.05, 3.63) is 29.5 Å². The predicted octanol–water partition coefficient (Wildman–Crippen LogP) is 1.84. The Labute approximate surface area is 128 Å². The summed E-state index contributed by atoms with van der Waals surface area (Å²) in [5.41, 5.74) is 4.20. The Morgan fingerprint density at radius 1 is 1.19 bits per heavy atom. The van der Waals surface area contributed by atoms with Crippen LogP contribution in [0.4, 0.5) is 0 Å². The van der Waals surface area contributed by atoms with Crippen LogP contribution in [0.1, 0.15) is 17.2 Å². The second kappa shape index (κ2) is 5.52. The van der Waals surface area contributed by atoms with E-state index < -0.39 is 0 Å². The number of hydrogen-bond donors (Lipinski definition) is 0. The van der Waals surface area contributed by atoms with Crippen LogP contribution in [0.15, 0.2) is 12.3 Å². The third-order valence-electron chi connectivity index (χ3n) is 3.80. The first-order chi connectivity index (χ1) is 10.1. The zero-order valence-corrected chi connectivity index (χ0v) is 13.3. The van der Waals surface area contributed by atoms with E-state index >= 15 is 0 Å². The molecule has 0 fully saturated rings. The standard InChI is InChI=1S/C14H19ClN6/c1-10-13-14(20(3)18-10)21(12(17-13)4-7-15)9-6-11-5-8-16-19(11)2/h5,8H,4,6-7,9H2,1-3H3. The molecule has 0 saturated heterocycles. The molecule has 21 heavy (non-hydrogen) atoms. The summed E-state index contributed by atoms with van der Waals surface area (Å²) < 4.78 is 6.03. The number of nitrogens with zero attached hydrogens (tertiary/aromatic N) is 6. The van der Waals surface area contributed by atoms with Gasteiger partial charge in [0.05, 0.1) is 5.69 Å². The number of rotatable bonds is 5. The molecule has 0 amide bonds. The summed E-state index contributed by atoms with van der Waals surface area (Å²) in [7, 11) is 3.93. The van der Waals surface area contributed by atoms with E-state index in [1.54, 1.807) is 0 Å². The summed E-state index contributed by atoms with van der Waals surface area (Å²) in [5.74, 6) is 1.60. The zero-order chi connectivity index (χ0) is 15.0. The summed E-state index contributed by atoms with van der Waals surface area (Å²) in [4.78, 5) is 4.72. The van der Waals surface area contributed by atoms with E-state index in [0.717, 1.165) is 42.1 Å². The highest BCUT2D eigenvalue weighted by Gasteiger charge is 2.17. The van der Waals surface area contributed by atoms with E-state index in [1.165, 1.54) is 5.69 Å². The van der Waals surface area contributed by atoms with Crippen LogP contribution in [0.25, 0.3) is 11.2 Å². The molecule has 0 aliphatic heterocycles. The Bertz CT molecular complexity index is 766. The molecule has 0 N–H and O–H groups in total. The molecule has 3 aromatic rings. The molecule has 7 heteroatoms. The molecule has 0 bridgehead atoms. The van der Waals surface area contributed by atoms with Gasteiger partial charge in [0.25, 0.3) is 0 Å². The number of alkyl halides is 1. The van der Waals surface area contributed by atoms with Gasteiger partial charge in [-0.15, -0.1) is 11.6 Å². The van der Waals surface area contributed by atoms with Gasteiger partial charge in [0.1, 0.15) is 11.3 Å². The molecular formula is C14H19ClN6. The Morgan fingerprint density at radius 3 is 2.67 bits per heavy atom. The quantitative estimate of drug-likeness (QED) is 0.676. The molecule has 0 unspecified atom stereocenters. The van der Waals surface area contributed by atoms with Crippen LogP contribution in [0.3, 0.4) is 0 Å². The van der Waals surface area contributed by atoms with Crippen molar-refractivity contribution >= 4 is 22.8 Å². The highest BCUT2D eigenvalue weighted by atomic mass is 35.5. The van der Waals surface area contributed by atoms with Crippen molar-refractivity contribution in [1.29, 1.82) is 0 Å². The van der Waals surface area contributed by atoms with E-state index in [9.17, 15) is 0 Å². The maximum absolute atomic E-state index is 5.92. The number of imidazole rings is 1. The fourth-order valence-electron chi connectivity index (χ4n) is 2.76. The topological polar surface area (TPSA) is 53.5 Å². The van der Waals surface area contributed by atoms with Crippen LogP contribution in [-0.2, 0) is 33.5 Å². The number of aryl methyl sites for hydroxylation is 6. The lowest BCUT2D eigenvalue weighted by molar-refractivity contribution is 0.610. The average Bonchev–Trinajstić information content (AvgIpc) is 3.07. The lowest BCUT2D eigenvalue weighted by atomic mass is 10.3. The van der Waals surface area contributed by atoms with Gasteiger partial charge in [-0.3, -0.25) is 9.36 Å². The molecule has 0 atom stereocenters. The van der Waals surface area contributed by atoms with Gasteiger partial charge in [0, 0.05) is 51.3 Å². The van der Waals surface area contributed by atoms with E-state index in [1.807, 2.05) is 42.6 Å². The maximum atomic E-state index is 5.92. The Balaban J connectivity index is 1.98. The molecule has 0 aromatic carbocycles. The van der Waals surface area contributed by atoms with E-state index in [4.69, 9.17) is 16.6 Å². The third-order valence-corrected chi connectivity index (χ3v) is 3.99. The van der Waals surface area contributed by atoms with Crippen LogP contribution in [-0.4, -0.2) is 35.0 Å². The lowest BCUT2D eigenvalue weighted by Gasteiger charge is -2.09. The number of hydrogen-bond acceptors (Lipinski definition) is 3. The second-order valence-corrected chi connectivity index (χ2v) is 5.57. The molecule has 0 aliphatic rings. The number of halogens is 1. The fourth-order valence-corrected chi connectivity index (χ4v) is 2.93. The van der Waals surface area contributed by atoms with E-state index in [2.05, 4.69) is 14.8 Å². The van der Waals surface area contributed by atoms with Crippen LogP contribution in [0, 0.1) is 6.92 Å². The van der Waals surface area contributed by atoms with Crippen molar-refractivity contribution < 1.29 is 0 Å². The molecular weight excluding hydrogens is 288 g/mol. The van der Waals surface area contributed by atoms with Crippen molar-refractivity contribution in [2.45, 2.75) is 26.3 Å². The molecule has 0 saturated carbocycles. The van der Waals surface area contributed by atoms with E-state index in [0.29, 0.717) is 5.88 Å². The highest BCUT2D eigenvalue weighted by Crippen LogP contribution is 2.20. The Kier molecular flexibility index (Phi) is 3.71.